The molecule has 3 N–H and O–H groups in total. The number of hydrogen-bond acceptors (Lipinski definition) is 7. The SMILES string of the molecule is CC(C)=C1NC(C=O)C(C(=O)OC=NN)N1C. The van der Waals surface area contributed by atoms with Crippen molar-refractivity contribution in [3.63, 3.8) is 0 Å². The van der Waals surface area contributed by atoms with E-state index in [2.05, 4.69) is 15.2 Å². The first-order chi connectivity index (χ1) is 8.02. The number of ether oxygens (including phenoxy) is 1. The van der Waals surface area contributed by atoms with E-state index in [0.29, 0.717) is 6.29 Å². The Morgan fingerprint density at radius 2 is 2.24 bits per heavy atom. The Kier molecular flexibility index (Phi) is 4.08. The maximum absolute atomic E-state index is 11.7. The standard InChI is InChI=1S/C10H16N4O3/c1-6(2)9-13-7(4-15)8(14(9)3)10(16)17-5-12-11/h4-5,7-8,13H,11H2,1-3H3. The molecule has 1 saturated heterocycles. The molecule has 0 aromatic carbocycles. The van der Waals surface area contributed by atoms with E-state index in [-0.39, 0.29) is 0 Å². The van der Waals surface area contributed by atoms with Gasteiger partial charge < -0.3 is 25.6 Å². The van der Waals surface area contributed by atoms with Gasteiger partial charge in [-0.05, 0) is 19.4 Å². The second kappa shape index (κ2) is 5.33. The van der Waals surface area contributed by atoms with Gasteiger partial charge in [-0.2, -0.15) is 5.10 Å². The van der Waals surface area contributed by atoms with Crippen molar-refractivity contribution in [3.05, 3.63) is 11.4 Å². The minimum absolute atomic E-state index is 0.581. The zero-order valence-electron chi connectivity index (χ0n) is 10.0. The molecule has 1 aliphatic rings. The van der Waals surface area contributed by atoms with Crippen LogP contribution in [0.25, 0.3) is 0 Å². The average Bonchev–Trinajstić information content (AvgIpc) is 2.63. The zero-order chi connectivity index (χ0) is 13.0. The fourth-order valence-electron chi connectivity index (χ4n) is 1.78. The van der Waals surface area contributed by atoms with Crippen molar-refractivity contribution in [1.29, 1.82) is 0 Å². The lowest BCUT2D eigenvalue weighted by Gasteiger charge is -2.20. The molecule has 0 saturated carbocycles. The summed E-state index contributed by atoms with van der Waals surface area (Å²) in [4.78, 5) is 24.3. The molecule has 0 spiro atoms. The predicted octanol–water partition coefficient (Wildman–Crippen LogP) is -0.846. The van der Waals surface area contributed by atoms with E-state index in [1.807, 2.05) is 13.8 Å². The lowest BCUT2D eigenvalue weighted by atomic mass is 10.1. The van der Waals surface area contributed by atoms with Crippen molar-refractivity contribution in [2.24, 2.45) is 10.9 Å². The number of carbonyl (C=O) groups excluding carboxylic acids is 2. The molecule has 17 heavy (non-hydrogen) atoms. The second-order valence-electron chi connectivity index (χ2n) is 3.90. The fraction of sp³-hybridized carbons (Fsp3) is 0.500. The highest BCUT2D eigenvalue weighted by molar-refractivity contribution is 5.87. The lowest BCUT2D eigenvalue weighted by molar-refractivity contribution is -0.140. The Hall–Kier alpha value is -2.05. The number of carbonyl (C=O) groups is 2. The highest BCUT2D eigenvalue weighted by Gasteiger charge is 2.41. The van der Waals surface area contributed by atoms with Crippen molar-refractivity contribution in [1.82, 2.24) is 10.2 Å². The van der Waals surface area contributed by atoms with Gasteiger partial charge in [-0.25, -0.2) is 4.79 Å². The van der Waals surface area contributed by atoms with Crippen molar-refractivity contribution in [2.75, 3.05) is 7.05 Å². The first-order valence-electron chi connectivity index (χ1n) is 5.07. The maximum Gasteiger partial charge on any atom is 0.337 e. The number of rotatable bonds is 3. The third kappa shape index (κ3) is 2.55. The van der Waals surface area contributed by atoms with E-state index >= 15 is 0 Å². The van der Waals surface area contributed by atoms with Crippen LogP contribution in [0.5, 0.6) is 0 Å². The normalized spacial score (nSPS) is 23.7. The molecule has 0 bridgehead atoms. The molecule has 0 aromatic heterocycles. The van der Waals surface area contributed by atoms with Crippen LogP contribution >= 0.6 is 0 Å². The molecular weight excluding hydrogens is 224 g/mol. The molecule has 0 amide bonds. The number of hydrazone groups is 1. The number of nitrogens with two attached hydrogens (primary N) is 1. The van der Waals surface area contributed by atoms with Crippen LogP contribution < -0.4 is 11.2 Å². The third-order valence-electron chi connectivity index (χ3n) is 2.50. The van der Waals surface area contributed by atoms with Gasteiger partial charge >= 0.3 is 5.97 Å². The van der Waals surface area contributed by atoms with Crippen LogP contribution in [0, 0.1) is 0 Å². The van der Waals surface area contributed by atoms with Gasteiger partial charge in [-0.1, -0.05) is 0 Å². The Bertz CT molecular complexity index is 374. The number of hydrogen-bond donors (Lipinski definition) is 2. The van der Waals surface area contributed by atoms with Gasteiger partial charge in [-0.3, -0.25) is 0 Å². The Morgan fingerprint density at radius 1 is 1.59 bits per heavy atom. The summed E-state index contributed by atoms with van der Waals surface area (Å²) in [6, 6.07) is -1.35. The second-order valence-corrected chi connectivity index (χ2v) is 3.90. The van der Waals surface area contributed by atoms with E-state index < -0.39 is 18.1 Å². The van der Waals surface area contributed by atoms with Gasteiger partial charge in [0.25, 0.3) is 0 Å². The van der Waals surface area contributed by atoms with Crippen LogP contribution in [-0.2, 0) is 14.3 Å². The van der Waals surface area contributed by atoms with E-state index in [1.165, 1.54) is 0 Å². The minimum Gasteiger partial charge on any atom is -0.411 e. The van der Waals surface area contributed by atoms with E-state index in [0.717, 1.165) is 17.8 Å². The van der Waals surface area contributed by atoms with Gasteiger partial charge in [0.05, 0.1) is 0 Å². The molecule has 7 nitrogen and oxygen atoms in total. The van der Waals surface area contributed by atoms with Crippen LogP contribution in [0.4, 0.5) is 0 Å². The molecule has 0 radical (unpaired) electrons. The largest absolute Gasteiger partial charge is 0.411 e. The molecule has 1 heterocycles. The predicted molar refractivity (Wildman–Crippen MR) is 61.7 cm³/mol. The van der Waals surface area contributed by atoms with Crippen molar-refractivity contribution in [3.8, 4) is 0 Å². The first-order valence-corrected chi connectivity index (χ1v) is 5.07. The monoisotopic (exact) mass is 240 g/mol. The van der Waals surface area contributed by atoms with E-state index in [1.54, 1.807) is 11.9 Å². The van der Waals surface area contributed by atoms with Crippen molar-refractivity contribution in [2.45, 2.75) is 25.9 Å². The smallest absolute Gasteiger partial charge is 0.337 e. The van der Waals surface area contributed by atoms with Crippen molar-refractivity contribution < 1.29 is 14.3 Å². The van der Waals surface area contributed by atoms with Gasteiger partial charge in [0.1, 0.15) is 18.1 Å². The molecule has 1 fully saturated rings. The highest BCUT2D eigenvalue weighted by atomic mass is 16.5. The quantitative estimate of drug-likeness (QED) is 0.167. The van der Waals surface area contributed by atoms with Crippen LogP contribution in [-0.4, -0.2) is 42.7 Å². The summed E-state index contributed by atoms with van der Waals surface area (Å²) in [5.41, 5.74) is 0.974. The number of nitrogens with one attached hydrogen (secondary N) is 1. The maximum atomic E-state index is 11.7. The van der Waals surface area contributed by atoms with Crippen LogP contribution in [0.2, 0.25) is 0 Å². The van der Waals surface area contributed by atoms with Gasteiger partial charge in [0, 0.05) is 7.05 Å². The molecular formula is C10H16N4O3. The summed E-state index contributed by atoms with van der Waals surface area (Å²) in [6.07, 6.45) is 1.52. The minimum atomic E-state index is -0.713. The molecule has 0 aromatic rings. The lowest BCUT2D eigenvalue weighted by Crippen LogP contribution is -2.43. The van der Waals surface area contributed by atoms with Gasteiger partial charge in [0.2, 0.25) is 6.40 Å². The molecule has 1 aliphatic heterocycles. The Balaban J connectivity index is 2.93. The molecule has 1 rings (SSSR count). The molecule has 2 atom stereocenters. The topological polar surface area (TPSA) is 97.0 Å². The zero-order valence-corrected chi connectivity index (χ0v) is 10.0. The molecule has 0 aliphatic carbocycles. The Labute approximate surface area is 99.3 Å². The summed E-state index contributed by atoms with van der Waals surface area (Å²) in [6.45, 7) is 3.77. The number of likely N-dealkylation sites (N-methyl/N-ethyl adjacent to an activating group) is 1. The van der Waals surface area contributed by atoms with Gasteiger partial charge in [0.15, 0.2) is 6.04 Å². The summed E-state index contributed by atoms with van der Waals surface area (Å²) in [5.74, 6) is 5.00. The van der Waals surface area contributed by atoms with Crippen LogP contribution in [0.15, 0.2) is 16.5 Å². The Morgan fingerprint density at radius 3 is 2.71 bits per heavy atom. The van der Waals surface area contributed by atoms with E-state index in [4.69, 9.17) is 5.84 Å². The number of esters is 1. The first kappa shape index (κ1) is 13.0. The van der Waals surface area contributed by atoms with Gasteiger partial charge in [-0.15, -0.1) is 0 Å². The summed E-state index contributed by atoms with van der Waals surface area (Å²) in [5, 5.41) is 6.03. The number of allylic oxidation sites excluding steroid dienone is 1. The molecule has 2 unspecified atom stereocenters. The summed E-state index contributed by atoms with van der Waals surface area (Å²) in [7, 11) is 1.71. The number of nitrogens with zero attached hydrogens (tertiary/aromatic N) is 2. The third-order valence-corrected chi connectivity index (χ3v) is 2.50. The number of aldehydes is 1. The summed E-state index contributed by atoms with van der Waals surface area (Å²) >= 11 is 0. The molecule has 94 valence electrons. The average molecular weight is 240 g/mol. The fourth-order valence-corrected chi connectivity index (χ4v) is 1.78. The molecule has 7 heteroatoms. The van der Waals surface area contributed by atoms with Crippen LogP contribution in [0.1, 0.15) is 13.8 Å². The highest BCUT2D eigenvalue weighted by Crippen LogP contribution is 2.20. The van der Waals surface area contributed by atoms with E-state index in [9.17, 15) is 9.59 Å². The summed E-state index contributed by atoms with van der Waals surface area (Å²) < 4.78 is 4.69. The van der Waals surface area contributed by atoms with Crippen LogP contribution in [0.3, 0.4) is 0 Å². The van der Waals surface area contributed by atoms with Crippen molar-refractivity contribution >= 4 is 18.7 Å².